The van der Waals surface area contributed by atoms with Gasteiger partial charge in [-0.05, 0) is 36.4 Å². The van der Waals surface area contributed by atoms with Crippen LogP contribution in [0.1, 0.15) is 5.56 Å². The van der Waals surface area contributed by atoms with Crippen LogP contribution in [-0.4, -0.2) is 19.7 Å². The van der Waals surface area contributed by atoms with Crippen LogP contribution < -0.4 is 4.72 Å². The van der Waals surface area contributed by atoms with Crippen molar-refractivity contribution in [3.05, 3.63) is 84.4 Å². The Bertz CT molecular complexity index is 1020. The van der Waals surface area contributed by atoms with E-state index >= 15 is 0 Å². The number of rotatable bonds is 5. The Balaban J connectivity index is 0.00000127. The van der Waals surface area contributed by atoms with E-state index in [1.807, 2.05) is 30.3 Å². The van der Waals surface area contributed by atoms with E-state index in [1.165, 1.54) is 24.4 Å². The van der Waals surface area contributed by atoms with Crippen LogP contribution in [-0.2, 0) is 33.2 Å². The minimum atomic E-state index is -3.77. The van der Waals surface area contributed by atoms with E-state index in [1.54, 1.807) is 30.3 Å². The summed E-state index contributed by atoms with van der Waals surface area (Å²) < 4.78 is 35.4. The molecule has 3 rings (SSSR count). The maximum atomic E-state index is 12.4. The topological polar surface area (TPSA) is 95.8 Å². The first-order chi connectivity index (χ1) is 13.1. The summed E-state index contributed by atoms with van der Waals surface area (Å²) in [6.45, 7) is 0. The van der Waals surface area contributed by atoms with Gasteiger partial charge in [0, 0.05) is 11.8 Å². The van der Waals surface area contributed by atoms with E-state index in [2.05, 4.69) is 9.71 Å². The van der Waals surface area contributed by atoms with Crippen LogP contribution in [0.2, 0.25) is 0 Å². The average Bonchev–Trinajstić information content (AvgIpc) is 2.71. The second kappa shape index (κ2) is 11.5. The molecule has 28 heavy (non-hydrogen) atoms. The molecule has 6 nitrogen and oxygen atoms in total. The Morgan fingerprint density at radius 1 is 0.857 bits per heavy atom. The van der Waals surface area contributed by atoms with Crippen molar-refractivity contribution in [1.82, 2.24) is 0 Å². The van der Waals surface area contributed by atoms with Gasteiger partial charge in [-0.25, -0.2) is 8.42 Å². The molecule has 0 aliphatic heterocycles. The Morgan fingerprint density at radius 3 is 2.04 bits per heavy atom. The number of aliphatic imine (C=N–C) groups is 1. The van der Waals surface area contributed by atoms with Crippen LogP contribution in [0, 0.1) is 0 Å². The second-order valence-electron chi connectivity index (χ2n) is 5.26. The SMILES string of the molecule is Cl.O=S(=O)(Nc1cccc(C=Nc2ccccc2)c1O)c1ccccc1.[O]=[Mo]. The Hall–Kier alpha value is -2.34. The van der Waals surface area contributed by atoms with E-state index < -0.39 is 10.0 Å². The van der Waals surface area contributed by atoms with Crippen molar-refractivity contribution in [1.29, 1.82) is 0 Å². The third kappa shape index (κ3) is 6.37. The molecule has 3 aromatic rings. The van der Waals surface area contributed by atoms with Gasteiger partial charge in [-0.1, -0.05) is 42.5 Å². The van der Waals surface area contributed by atoms with Crippen molar-refractivity contribution in [2.45, 2.75) is 4.90 Å². The van der Waals surface area contributed by atoms with Gasteiger partial charge in [-0.15, -0.1) is 12.4 Å². The number of aromatic hydroxyl groups is 1. The number of anilines is 1. The van der Waals surface area contributed by atoms with Crippen molar-refractivity contribution in [3.8, 4) is 5.75 Å². The number of hydrogen-bond acceptors (Lipinski definition) is 5. The van der Waals surface area contributed by atoms with Crippen LogP contribution in [0.25, 0.3) is 0 Å². The molecule has 9 heteroatoms. The van der Waals surface area contributed by atoms with Crippen molar-refractivity contribution in [3.63, 3.8) is 0 Å². The number of nitrogens with one attached hydrogen (secondary N) is 1. The fourth-order valence-corrected chi connectivity index (χ4v) is 3.30. The molecule has 146 valence electrons. The molecular weight excluding hydrogens is 484 g/mol. The molecule has 0 radical (unpaired) electrons. The van der Waals surface area contributed by atoms with Crippen molar-refractivity contribution < 1.29 is 36.7 Å². The van der Waals surface area contributed by atoms with Gasteiger partial charge in [0.1, 0.15) is 5.75 Å². The van der Waals surface area contributed by atoms with Gasteiger partial charge in [-0.2, -0.15) is 0 Å². The number of para-hydroxylation sites is 2. The number of sulfonamides is 1. The van der Waals surface area contributed by atoms with E-state index in [0.717, 1.165) is 5.69 Å². The zero-order chi connectivity index (χ0) is 19.7. The summed E-state index contributed by atoms with van der Waals surface area (Å²) >= 11 is 0.700. The van der Waals surface area contributed by atoms with Gasteiger partial charge in [0.05, 0.1) is 16.3 Å². The van der Waals surface area contributed by atoms with E-state index in [9.17, 15) is 13.5 Å². The molecule has 0 unspecified atom stereocenters. The standard InChI is InChI=1S/C19H16N2O3S.ClH.Mo.O/c22-19-15(14-20-16-9-3-1-4-10-16)8-7-13-18(19)21-25(23,24)17-11-5-2-6-12-17;;;/h1-14,21-22H;1H;;. The van der Waals surface area contributed by atoms with E-state index in [4.69, 9.17) is 3.40 Å². The zero-order valence-corrected chi connectivity index (χ0v) is 18.1. The van der Waals surface area contributed by atoms with Crippen LogP contribution in [0.5, 0.6) is 5.75 Å². The van der Waals surface area contributed by atoms with Crippen LogP contribution in [0.4, 0.5) is 11.4 Å². The molecule has 0 heterocycles. The zero-order valence-electron chi connectivity index (χ0n) is 14.4. The molecule has 0 fully saturated rings. The van der Waals surface area contributed by atoms with Crippen LogP contribution in [0.3, 0.4) is 0 Å². The normalized spacial score (nSPS) is 10.4. The van der Waals surface area contributed by atoms with Gasteiger partial charge < -0.3 is 5.11 Å². The maximum absolute atomic E-state index is 12.4. The summed E-state index contributed by atoms with van der Waals surface area (Å²) in [6.07, 6.45) is 1.49. The molecule has 0 atom stereocenters. The van der Waals surface area contributed by atoms with Crippen molar-refractivity contribution >= 4 is 40.0 Å². The number of phenols is 1. The fourth-order valence-electron chi connectivity index (χ4n) is 2.21. The molecule has 0 aliphatic rings. The van der Waals surface area contributed by atoms with Gasteiger partial charge >= 0.3 is 23.2 Å². The van der Waals surface area contributed by atoms with E-state index in [0.29, 0.717) is 25.3 Å². The molecule has 0 saturated carbocycles. The summed E-state index contributed by atoms with van der Waals surface area (Å²) in [5, 5.41) is 10.4. The summed E-state index contributed by atoms with van der Waals surface area (Å²) in [5.41, 5.74) is 1.25. The first-order valence-corrected chi connectivity index (χ1v) is 10.0. The van der Waals surface area contributed by atoms with E-state index in [-0.39, 0.29) is 28.7 Å². The predicted molar refractivity (Wildman–Crippen MR) is 107 cm³/mol. The quantitative estimate of drug-likeness (QED) is 0.311. The molecular formula is C19H17ClMoN2O4S. The summed E-state index contributed by atoms with van der Waals surface area (Å²) in [4.78, 5) is 4.39. The van der Waals surface area contributed by atoms with Crippen molar-refractivity contribution in [2.75, 3.05) is 4.72 Å². The minimum absolute atomic E-state index is 0. The average molecular weight is 501 g/mol. The fraction of sp³-hybridized carbons (Fsp3) is 0. The molecule has 0 aliphatic carbocycles. The molecule has 2 N–H and O–H groups in total. The predicted octanol–water partition coefficient (Wildman–Crippen LogP) is 4.24. The summed E-state index contributed by atoms with van der Waals surface area (Å²) in [6, 6.07) is 22.0. The van der Waals surface area contributed by atoms with Gasteiger partial charge in [0.25, 0.3) is 10.0 Å². The van der Waals surface area contributed by atoms with Gasteiger partial charge in [0.15, 0.2) is 0 Å². The molecule has 0 aromatic heterocycles. The Morgan fingerprint density at radius 2 is 1.43 bits per heavy atom. The third-order valence-corrected chi connectivity index (χ3v) is 4.86. The number of nitrogens with zero attached hydrogens (tertiary/aromatic N) is 1. The Labute approximate surface area is 181 Å². The number of hydrogen-bond donors (Lipinski definition) is 2. The molecule has 0 bridgehead atoms. The summed E-state index contributed by atoms with van der Waals surface area (Å²) in [7, 11) is -3.77. The van der Waals surface area contributed by atoms with Crippen LogP contribution in [0.15, 0.2) is 88.8 Å². The third-order valence-electron chi connectivity index (χ3n) is 3.47. The monoisotopic (exact) mass is 502 g/mol. The van der Waals surface area contributed by atoms with Gasteiger partial charge in [-0.3, -0.25) is 9.71 Å². The van der Waals surface area contributed by atoms with Crippen LogP contribution >= 0.6 is 12.4 Å². The molecule has 0 amide bonds. The molecule has 0 spiro atoms. The van der Waals surface area contributed by atoms with Crippen molar-refractivity contribution in [2.24, 2.45) is 4.99 Å². The number of halogens is 1. The first-order valence-electron chi connectivity index (χ1n) is 7.72. The molecule has 3 aromatic carbocycles. The molecule has 0 saturated heterocycles. The number of benzene rings is 3. The van der Waals surface area contributed by atoms with Gasteiger partial charge in [0.2, 0.25) is 0 Å². The first kappa shape index (κ1) is 23.7. The summed E-state index contributed by atoms with van der Waals surface area (Å²) in [5.74, 6) is -0.179. The Kier molecular flexibility index (Phi) is 9.72. The number of phenolic OH excluding ortho intramolecular Hbond substituents is 1. The second-order valence-corrected chi connectivity index (χ2v) is 6.94.